The Morgan fingerprint density at radius 3 is 2.67 bits per heavy atom. The second-order valence-electron chi connectivity index (χ2n) is 6.13. The summed E-state index contributed by atoms with van der Waals surface area (Å²) < 4.78 is 5.10. The summed E-state index contributed by atoms with van der Waals surface area (Å²) in [6.07, 6.45) is 3.71. The number of amides is 2. The summed E-state index contributed by atoms with van der Waals surface area (Å²) in [5.41, 5.74) is 0.478. The summed E-state index contributed by atoms with van der Waals surface area (Å²) in [5, 5.41) is 0. The van der Waals surface area contributed by atoms with Crippen LogP contribution in [0.5, 0.6) is 0 Å². The minimum Gasteiger partial charge on any atom is -0.448 e. The van der Waals surface area contributed by atoms with Gasteiger partial charge in [0, 0.05) is 38.0 Å². The van der Waals surface area contributed by atoms with Gasteiger partial charge in [0.2, 0.25) is 5.91 Å². The summed E-state index contributed by atoms with van der Waals surface area (Å²) in [4.78, 5) is 32.1. The molecule has 0 N–H and O–H groups in total. The predicted molar refractivity (Wildman–Crippen MR) is 75.7 cm³/mol. The fourth-order valence-corrected chi connectivity index (χ4v) is 3.45. The highest BCUT2D eigenvalue weighted by Crippen LogP contribution is 2.41. The third kappa shape index (κ3) is 2.43. The predicted octanol–water partition coefficient (Wildman–Crippen LogP) is 1.46. The van der Waals surface area contributed by atoms with Crippen LogP contribution in [0.2, 0.25) is 0 Å². The third-order valence-corrected chi connectivity index (χ3v) is 4.85. The van der Waals surface area contributed by atoms with E-state index in [2.05, 4.69) is 4.98 Å². The van der Waals surface area contributed by atoms with Gasteiger partial charge in [0.15, 0.2) is 12.1 Å². The van der Waals surface area contributed by atoms with E-state index >= 15 is 0 Å². The van der Waals surface area contributed by atoms with E-state index in [4.69, 9.17) is 4.42 Å². The molecule has 0 unspecified atom stereocenters. The van der Waals surface area contributed by atoms with E-state index in [1.165, 1.54) is 6.39 Å². The van der Waals surface area contributed by atoms with Gasteiger partial charge in [-0.25, -0.2) is 4.98 Å². The lowest BCUT2D eigenvalue weighted by Crippen LogP contribution is -2.44. The van der Waals surface area contributed by atoms with Crippen molar-refractivity contribution in [2.75, 3.05) is 26.2 Å². The van der Waals surface area contributed by atoms with Gasteiger partial charge in [-0.2, -0.15) is 0 Å². The maximum absolute atomic E-state index is 12.4. The first-order valence-electron chi connectivity index (χ1n) is 7.52. The number of piperidine rings is 1. The van der Waals surface area contributed by atoms with E-state index in [0.717, 1.165) is 25.9 Å². The van der Waals surface area contributed by atoms with Crippen LogP contribution in [0.25, 0.3) is 0 Å². The molecule has 2 aliphatic heterocycles. The average molecular weight is 291 g/mol. The molecular weight excluding hydrogens is 270 g/mol. The van der Waals surface area contributed by atoms with Crippen molar-refractivity contribution in [2.24, 2.45) is 5.41 Å². The molecule has 2 aliphatic rings. The Balaban J connectivity index is 1.65. The van der Waals surface area contributed by atoms with E-state index in [1.807, 2.05) is 16.7 Å². The van der Waals surface area contributed by atoms with Gasteiger partial charge in [-0.05, 0) is 26.7 Å². The minimum absolute atomic E-state index is 0.0622. The first kappa shape index (κ1) is 14.1. The summed E-state index contributed by atoms with van der Waals surface area (Å²) >= 11 is 0. The summed E-state index contributed by atoms with van der Waals surface area (Å²) in [6.45, 7) is 6.77. The molecule has 6 heteroatoms. The molecule has 2 fully saturated rings. The van der Waals surface area contributed by atoms with Gasteiger partial charge in [0.1, 0.15) is 5.76 Å². The van der Waals surface area contributed by atoms with E-state index in [9.17, 15) is 9.59 Å². The number of carbonyl (C=O) groups is 2. The number of aromatic nitrogens is 1. The largest absolute Gasteiger partial charge is 0.448 e. The first-order chi connectivity index (χ1) is 10.0. The van der Waals surface area contributed by atoms with Crippen LogP contribution in [0.3, 0.4) is 0 Å². The molecule has 3 heterocycles. The van der Waals surface area contributed by atoms with Crippen molar-refractivity contribution in [1.82, 2.24) is 14.8 Å². The van der Waals surface area contributed by atoms with E-state index in [-0.39, 0.29) is 17.2 Å². The molecular formula is C15H21N3O3. The Kier molecular flexibility index (Phi) is 3.47. The molecule has 0 saturated carbocycles. The lowest BCUT2D eigenvalue weighted by atomic mass is 9.77. The van der Waals surface area contributed by atoms with Crippen molar-refractivity contribution in [3.63, 3.8) is 0 Å². The molecule has 6 nitrogen and oxygen atoms in total. The Bertz CT molecular complexity index is 558. The number of carbonyl (C=O) groups excluding carboxylic acids is 2. The van der Waals surface area contributed by atoms with Gasteiger partial charge >= 0.3 is 0 Å². The van der Waals surface area contributed by atoms with Gasteiger partial charge in [-0.15, -0.1) is 0 Å². The first-order valence-corrected chi connectivity index (χ1v) is 7.52. The average Bonchev–Trinajstić information content (AvgIpc) is 3.03. The molecule has 3 rings (SSSR count). The van der Waals surface area contributed by atoms with Gasteiger partial charge in [0.25, 0.3) is 5.91 Å². The Morgan fingerprint density at radius 2 is 2.14 bits per heavy atom. The van der Waals surface area contributed by atoms with Crippen molar-refractivity contribution in [2.45, 2.75) is 33.1 Å². The zero-order valence-corrected chi connectivity index (χ0v) is 12.6. The molecule has 2 amide bonds. The van der Waals surface area contributed by atoms with Crippen molar-refractivity contribution in [1.29, 1.82) is 0 Å². The van der Waals surface area contributed by atoms with Gasteiger partial charge in [-0.1, -0.05) is 0 Å². The zero-order valence-electron chi connectivity index (χ0n) is 12.6. The molecule has 0 aromatic carbocycles. The SMILES string of the molecule is CCN1CC2(CCN(C(=O)c3ncoc3C)CC2)CC1=O. The second-order valence-corrected chi connectivity index (χ2v) is 6.13. The summed E-state index contributed by atoms with van der Waals surface area (Å²) in [5.74, 6) is 0.755. The molecule has 2 saturated heterocycles. The minimum atomic E-state index is -0.0622. The maximum atomic E-state index is 12.4. The Labute approximate surface area is 124 Å². The lowest BCUT2D eigenvalue weighted by molar-refractivity contribution is -0.127. The fourth-order valence-electron chi connectivity index (χ4n) is 3.45. The van der Waals surface area contributed by atoms with Crippen LogP contribution in [-0.4, -0.2) is 52.8 Å². The number of hydrogen-bond donors (Lipinski definition) is 0. The van der Waals surface area contributed by atoms with Crippen LogP contribution < -0.4 is 0 Å². The number of rotatable bonds is 2. The smallest absolute Gasteiger partial charge is 0.276 e. The maximum Gasteiger partial charge on any atom is 0.276 e. The molecule has 1 aromatic heterocycles. The van der Waals surface area contributed by atoms with Crippen molar-refractivity contribution >= 4 is 11.8 Å². The van der Waals surface area contributed by atoms with E-state index in [1.54, 1.807) is 6.92 Å². The molecule has 1 spiro atoms. The van der Waals surface area contributed by atoms with Crippen molar-refractivity contribution in [3.8, 4) is 0 Å². The summed E-state index contributed by atoms with van der Waals surface area (Å²) in [7, 11) is 0. The number of aryl methyl sites for hydroxylation is 1. The Morgan fingerprint density at radius 1 is 1.43 bits per heavy atom. The molecule has 21 heavy (non-hydrogen) atoms. The van der Waals surface area contributed by atoms with Gasteiger partial charge < -0.3 is 14.2 Å². The number of nitrogens with zero attached hydrogens (tertiary/aromatic N) is 3. The normalized spacial score (nSPS) is 21.3. The fraction of sp³-hybridized carbons (Fsp3) is 0.667. The van der Waals surface area contributed by atoms with E-state index < -0.39 is 0 Å². The lowest BCUT2D eigenvalue weighted by Gasteiger charge is -2.38. The topological polar surface area (TPSA) is 66.7 Å². The van der Waals surface area contributed by atoms with Crippen LogP contribution in [0.15, 0.2) is 10.8 Å². The Hall–Kier alpha value is -1.85. The highest BCUT2D eigenvalue weighted by molar-refractivity contribution is 5.93. The molecule has 0 aliphatic carbocycles. The van der Waals surface area contributed by atoms with Crippen molar-refractivity contribution < 1.29 is 14.0 Å². The van der Waals surface area contributed by atoms with Crippen LogP contribution >= 0.6 is 0 Å². The van der Waals surface area contributed by atoms with Gasteiger partial charge in [-0.3, -0.25) is 9.59 Å². The molecule has 0 radical (unpaired) electrons. The number of likely N-dealkylation sites (tertiary alicyclic amines) is 2. The van der Waals surface area contributed by atoms with Crippen LogP contribution in [0.1, 0.15) is 42.4 Å². The molecule has 0 bridgehead atoms. The third-order valence-electron chi connectivity index (χ3n) is 4.85. The quantitative estimate of drug-likeness (QED) is 0.827. The van der Waals surface area contributed by atoms with E-state index in [0.29, 0.717) is 31.0 Å². The highest BCUT2D eigenvalue weighted by atomic mass is 16.3. The number of hydrogen-bond acceptors (Lipinski definition) is 4. The standard InChI is InChI=1S/C15H21N3O3/c1-3-17-9-15(8-12(17)19)4-6-18(7-5-15)14(20)13-11(2)21-10-16-13/h10H,3-9H2,1-2H3. The molecule has 1 aromatic rings. The van der Waals surface area contributed by atoms with Gasteiger partial charge in [0.05, 0.1) is 0 Å². The highest BCUT2D eigenvalue weighted by Gasteiger charge is 2.45. The van der Waals surface area contributed by atoms with Crippen LogP contribution in [0.4, 0.5) is 0 Å². The van der Waals surface area contributed by atoms with Crippen LogP contribution in [0, 0.1) is 12.3 Å². The van der Waals surface area contributed by atoms with Crippen molar-refractivity contribution in [3.05, 3.63) is 17.8 Å². The monoisotopic (exact) mass is 291 g/mol. The van der Waals surface area contributed by atoms with Crippen LogP contribution in [-0.2, 0) is 4.79 Å². The second kappa shape index (κ2) is 5.16. The molecule has 114 valence electrons. The molecule has 0 atom stereocenters. The zero-order chi connectivity index (χ0) is 15.0. The summed E-state index contributed by atoms with van der Waals surface area (Å²) in [6, 6.07) is 0. The number of oxazole rings is 1.